The van der Waals surface area contributed by atoms with Crippen molar-refractivity contribution in [1.29, 1.82) is 0 Å². The molecule has 1 radical (unpaired) electrons. The van der Waals surface area contributed by atoms with Crippen LogP contribution in [0.5, 0.6) is 0 Å². The number of terminal acetylenes is 1. The molecule has 0 heterocycles. The van der Waals surface area contributed by atoms with Crippen molar-refractivity contribution in [1.82, 2.24) is 0 Å². The van der Waals surface area contributed by atoms with Gasteiger partial charge in [0.15, 0.2) is 0 Å². The van der Waals surface area contributed by atoms with Crippen molar-refractivity contribution in [2.24, 2.45) is 0 Å². The van der Waals surface area contributed by atoms with E-state index in [0.717, 1.165) is 5.56 Å². The van der Waals surface area contributed by atoms with Crippen LogP contribution in [0.2, 0.25) is 13.1 Å². The molecule has 0 unspecified atom stereocenters. The lowest BCUT2D eigenvalue weighted by molar-refractivity contribution is 1.60. The first kappa shape index (κ1) is 11.7. The highest BCUT2D eigenvalue weighted by molar-refractivity contribution is 6.70. The van der Waals surface area contributed by atoms with E-state index in [0.29, 0.717) is 0 Å². The maximum Gasteiger partial charge on any atom is 0.0791 e. The van der Waals surface area contributed by atoms with Gasteiger partial charge in [0.2, 0.25) is 0 Å². The van der Waals surface area contributed by atoms with Gasteiger partial charge in [-0.2, -0.15) is 0 Å². The van der Waals surface area contributed by atoms with Crippen LogP contribution in [-0.4, -0.2) is 8.80 Å². The monoisotopic (exact) mass is 235 g/mol. The molecule has 0 N–H and O–H groups in total. The molecule has 1 heteroatoms. The molecule has 2 rings (SSSR count). The smallest absolute Gasteiger partial charge is 0.0791 e. The highest BCUT2D eigenvalue weighted by atomic mass is 28.3. The summed E-state index contributed by atoms with van der Waals surface area (Å²) in [7, 11) is -0.347. The Bertz CT molecular complexity index is 527. The summed E-state index contributed by atoms with van der Waals surface area (Å²) in [5.41, 5.74) is 3.40. The summed E-state index contributed by atoms with van der Waals surface area (Å²) < 4.78 is 0. The van der Waals surface area contributed by atoms with Crippen molar-refractivity contribution < 1.29 is 0 Å². The van der Waals surface area contributed by atoms with E-state index in [4.69, 9.17) is 6.42 Å². The summed E-state index contributed by atoms with van der Waals surface area (Å²) in [4.78, 5) is 0. The molecule has 0 nitrogen and oxygen atoms in total. The third-order valence-corrected chi connectivity index (χ3v) is 4.34. The number of hydrogen-bond donors (Lipinski definition) is 0. The van der Waals surface area contributed by atoms with Gasteiger partial charge in [0, 0.05) is 5.56 Å². The predicted molar refractivity (Wildman–Crippen MR) is 76.9 cm³/mol. The summed E-state index contributed by atoms with van der Waals surface area (Å²) in [6, 6.07) is 17.0. The zero-order valence-electron chi connectivity index (χ0n) is 10.2. The first-order valence-corrected chi connectivity index (χ1v) is 8.18. The Morgan fingerprint density at radius 3 is 1.71 bits per heavy atom. The zero-order chi connectivity index (χ0) is 12.3. The Morgan fingerprint density at radius 2 is 1.29 bits per heavy atom. The summed E-state index contributed by atoms with van der Waals surface area (Å²) in [5, 5.41) is 1.47. The Morgan fingerprint density at radius 1 is 0.824 bits per heavy atom. The minimum absolute atomic E-state index is 0.347. The van der Waals surface area contributed by atoms with Crippen LogP contribution < -0.4 is 5.19 Å². The van der Waals surface area contributed by atoms with Crippen molar-refractivity contribution in [3.8, 4) is 23.5 Å². The van der Waals surface area contributed by atoms with Crippen molar-refractivity contribution in [2.45, 2.75) is 13.1 Å². The van der Waals surface area contributed by atoms with Crippen LogP contribution in [0.3, 0.4) is 0 Å². The SMILES string of the molecule is C#Cc1ccc(-c2ccc([Si](C)C)cc2)cc1. The van der Waals surface area contributed by atoms with Gasteiger partial charge in [0.1, 0.15) is 0 Å². The Balaban J connectivity index is 2.30. The summed E-state index contributed by atoms with van der Waals surface area (Å²) in [6.07, 6.45) is 5.35. The van der Waals surface area contributed by atoms with Crippen LogP contribution in [0.1, 0.15) is 5.56 Å². The van der Waals surface area contributed by atoms with E-state index in [2.05, 4.69) is 55.4 Å². The molecular weight excluding hydrogens is 220 g/mol. The Labute approximate surface area is 105 Å². The molecule has 17 heavy (non-hydrogen) atoms. The number of rotatable bonds is 2. The second-order valence-electron chi connectivity index (χ2n) is 4.30. The van der Waals surface area contributed by atoms with Crippen LogP contribution in [0.4, 0.5) is 0 Å². The molecule has 0 spiro atoms. The summed E-state index contributed by atoms with van der Waals surface area (Å²) in [6.45, 7) is 4.61. The number of hydrogen-bond acceptors (Lipinski definition) is 0. The summed E-state index contributed by atoms with van der Waals surface area (Å²) >= 11 is 0. The first-order chi connectivity index (χ1) is 8.20. The van der Waals surface area contributed by atoms with Crippen molar-refractivity contribution in [3.63, 3.8) is 0 Å². The van der Waals surface area contributed by atoms with Gasteiger partial charge in [-0.3, -0.25) is 0 Å². The standard InChI is InChI=1S/C16H15Si/c1-4-13-5-7-14(8-6-13)15-9-11-16(12-10-15)17(2)3/h1,5-12H,2-3H3. The second kappa shape index (κ2) is 5.03. The van der Waals surface area contributed by atoms with Crippen LogP contribution >= 0.6 is 0 Å². The molecular formula is C16H15Si. The summed E-state index contributed by atoms with van der Waals surface area (Å²) in [5.74, 6) is 2.63. The largest absolute Gasteiger partial charge is 0.115 e. The van der Waals surface area contributed by atoms with Crippen LogP contribution in [0.15, 0.2) is 48.5 Å². The third kappa shape index (κ3) is 2.67. The van der Waals surface area contributed by atoms with Crippen LogP contribution in [0, 0.1) is 12.3 Å². The highest BCUT2D eigenvalue weighted by Gasteiger charge is 2.01. The fraction of sp³-hybridized carbons (Fsp3) is 0.125. The van der Waals surface area contributed by atoms with Gasteiger partial charge in [-0.25, -0.2) is 0 Å². The Hall–Kier alpha value is -1.78. The van der Waals surface area contributed by atoms with Gasteiger partial charge in [-0.15, -0.1) is 6.42 Å². The molecule has 2 aromatic rings. The van der Waals surface area contributed by atoms with Gasteiger partial charge in [-0.05, 0) is 23.3 Å². The lowest BCUT2D eigenvalue weighted by Gasteiger charge is -2.06. The fourth-order valence-corrected chi connectivity index (χ4v) is 2.59. The fourth-order valence-electron chi connectivity index (χ4n) is 1.75. The maximum atomic E-state index is 5.35. The average Bonchev–Trinajstić information content (AvgIpc) is 2.39. The van der Waals surface area contributed by atoms with Crippen molar-refractivity contribution >= 4 is 14.0 Å². The molecule has 0 saturated carbocycles. The van der Waals surface area contributed by atoms with E-state index in [1.54, 1.807) is 0 Å². The second-order valence-corrected chi connectivity index (χ2v) is 6.88. The molecule has 0 aromatic heterocycles. The molecule has 0 aliphatic rings. The normalized spacial score (nSPS) is 10.2. The van der Waals surface area contributed by atoms with E-state index in [9.17, 15) is 0 Å². The van der Waals surface area contributed by atoms with Gasteiger partial charge >= 0.3 is 0 Å². The van der Waals surface area contributed by atoms with Gasteiger partial charge in [0.05, 0.1) is 8.80 Å². The van der Waals surface area contributed by atoms with E-state index in [-0.39, 0.29) is 8.80 Å². The number of benzene rings is 2. The van der Waals surface area contributed by atoms with E-state index < -0.39 is 0 Å². The molecule has 83 valence electrons. The van der Waals surface area contributed by atoms with E-state index in [1.165, 1.54) is 16.3 Å². The molecule has 0 saturated heterocycles. The third-order valence-electron chi connectivity index (χ3n) is 2.85. The molecule has 0 aliphatic carbocycles. The molecule has 0 amide bonds. The zero-order valence-corrected chi connectivity index (χ0v) is 11.2. The van der Waals surface area contributed by atoms with Crippen molar-refractivity contribution in [2.75, 3.05) is 0 Å². The first-order valence-electron chi connectivity index (χ1n) is 5.68. The van der Waals surface area contributed by atoms with Crippen LogP contribution in [-0.2, 0) is 0 Å². The van der Waals surface area contributed by atoms with E-state index in [1.807, 2.05) is 12.1 Å². The molecule has 0 fully saturated rings. The molecule has 0 aliphatic heterocycles. The molecule has 0 bridgehead atoms. The molecule has 0 atom stereocenters. The minimum Gasteiger partial charge on any atom is -0.115 e. The van der Waals surface area contributed by atoms with Gasteiger partial charge < -0.3 is 0 Å². The van der Waals surface area contributed by atoms with Gasteiger partial charge in [-0.1, -0.05) is 60.6 Å². The lowest BCUT2D eigenvalue weighted by Crippen LogP contribution is -2.21. The quantitative estimate of drug-likeness (QED) is 0.553. The van der Waals surface area contributed by atoms with Crippen molar-refractivity contribution in [3.05, 3.63) is 54.1 Å². The highest BCUT2D eigenvalue weighted by Crippen LogP contribution is 2.18. The minimum atomic E-state index is -0.347. The maximum absolute atomic E-state index is 5.35. The molecule has 2 aromatic carbocycles. The van der Waals surface area contributed by atoms with Gasteiger partial charge in [0.25, 0.3) is 0 Å². The van der Waals surface area contributed by atoms with E-state index >= 15 is 0 Å². The average molecular weight is 235 g/mol. The topological polar surface area (TPSA) is 0 Å². The Kier molecular flexibility index (Phi) is 3.46. The lowest BCUT2D eigenvalue weighted by atomic mass is 10.0. The predicted octanol–water partition coefficient (Wildman–Crippen LogP) is 3.30. The van der Waals surface area contributed by atoms with Crippen LogP contribution in [0.25, 0.3) is 11.1 Å².